The van der Waals surface area contributed by atoms with Gasteiger partial charge in [-0.2, -0.15) is 0 Å². The van der Waals surface area contributed by atoms with Crippen LogP contribution in [-0.2, 0) is 19.6 Å². The lowest BCUT2D eigenvalue weighted by Gasteiger charge is -2.14. The van der Waals surface area contributed by atoms with E-state index in [-0.39, 0.29) is 0 Å². The molecule has 0 radical (unpaired) electrons. The van der Waals surface area contributed by atoms with E-state index in [0.717, 1.165) is 37.5 Å². The Morgan fingerprint density at radius 2 is 2.29 bits per heavy atom. The number of rotatable bonds is 6. The van der Waals surface area contributed by atoms with E-state index >= 15 is 0 Å². The number of fused-ring (bicyclic) bond motifs is 1. The molecule has 1 N–H and O–H groups in total. The summed E-state index contributed by atoms with van der Waals surface area (Å²) in [5.74, 6) is 2.00. The second-order valence-corrected chi connectivity index (χ2v) is 5.39. The topological polar surface area (TPSA) is 39.1 Å². The van der Waals surface area contributed by atoms with Crippen molar-refractivity contribution in [3.8, 4) is 5.75 Å². The smallest absolute Gasteiger partial charge is 0.146 e. The second kappa shape index (κ2) is 6.31. The fourth-order valence-corrected chi connectivity index (χ4v) is 3.12. The van der Waals surface area contributed by atoms with Gasteiger partial charge in [0.15, 0.2) is 0 Å². The SMILES string of the molecule is CCNC1CCc2c(OCc3nccn3CC)cccc21. The van der Waals surface area contributed by atoms with Crippen LogP contribution >= 0.6 is 0 Å². The highest BCUT2D eigenvalue weighted by molar-refractivity contribution is 5.45. The van der Waals surface area contributed by atoms with E-state index < -0.39 is 0 Å². The summed E-state index contributed by atoms with van der Waals surface area (Å²) in [5.41, 5.74) is 2.76. The van der Waals surface area contributed by atoms with E-state index in [1.807, 2.05) is 12.4 Å². The van der Waals surface area contributed by atoms with Gasteiger partial charge in [-0.1, -0.05) is 19.1 Å². The predicted molar refractivity (Wildman–Crippen MR) is 83.4 cm³/mol. The van der Waals surface area contributed by atoms with Crippen LogP contribution in [0.5, 0.6) is 5.75 Å². The van der Waals surface area contributed by atoms with E-state index in [2.05, 4.69) is 46.9 Å². The van der Waals surface area contributed by atoms with Gasteiger partial charge in [0.2, 0.25) is 0 Å². The summed E-state index contributed by atoms with van der Waals surface area (Å²) in [6.07, 6.45) is 6.08. The Labute approximate surface area is 126 Å². The number of aromatic nitrogens is 2. The quantitative estimate of drug-likeness (QED) is 0.886. The first-order valence-electron chi connectivity index (χ1n) is 7.81. The summed E-state index contributed by atoms with van der Waals surface area (Å²) in [6.45, 7) is 6.73. The molecule has 4 nitrogen and oxygen atoms in total. The van der Waals surface area contributed by atoms with Gasteiger partial charge in [-0.15, -0.1) is 0 Å². The van der Waals surface area contributed by atoms with Crippen molar-refractivity contribution in [3.63, 3.8) is 0 Å². The monoisotopic (exact) mass is 285 g/mol. The van der Waals surface area contributed by atoms with Crippen LogP contribution in [0.1, 0.15) is 43.3 Å². The van der Waals surface area contributed by atoms with Crippen LogP contribution in [0.25, 0.3) is 0 Å². The van der Waals surface area contributed by atoms with Gasteiger partial charge < -0.3 is 14.6 Å². The molecule has 4 heteroatoms. The molecule has 3 rings (SSSR count). The average Bonchev–Trinajstić information content (AvgIpc) is 3.12. The number of hydrogen-bond acceptors (Lipinski definition) is 3. The molecule has 0 aliphatic heterocycles. The molecule has 1 aromatic carbocycles. The van der Waals surface area contributed by atoms with Crippen LogP contribution in [0.3, 0.4) is 0 Å². The average molecular weight is 285 g/mol. The maximum absolute atomic E-state index is 6.05. The van der Waals surface area contributed by atoms with Gasteiger partial charge in [0.05, 0.1) is 0 Å². The molecular weight excluding hydrogens is 262 g/mol. The fourth-order valence-electron chi connectivity index (χ4n) is 3.12. The highest BCUT2D eigenvalue weighted by Gasteiger charge is 2.24. The molecule has 0 amide bonds. The van der Waals surface area contributed by atoms with Gasteiger partial charge in [0.25, 0.3) is 0 Å². The normalized spacial score (nSPS) is 17.0. The molecule has 0 bridgehead atoms. The Hall–Kier alpha value is -1.81. The van der Waals surface area contributed by atoms with Gasteiger partial charge in [-0.25, -0.2) is 4.98 Å². The summed E-state index contributed by atoms with van der Waals surface area (Å²) < 4.78 is 8.17. The van der Waals surface area contributed by atoms with Crippen LogP contribution in [0.2, 0.25) is 0 Å². The van der Waals surface area contributed by atoms with Gasteiger partial charge in [-0.3, -0.25) is 0 Å². The van der Waals surface area contributed by atoms with Crippen LogP contribution in [0.4, 0.5) is 0 Å². The lowest BCUT2D eigenvalue weighted by Crippen LogP contribution is -2.18. The summed E-state index contributed by atoms with van der Waals surface area (Å²) in [7, 11) is 0. The zero-order valence-corrected chi connectivity index (χ0v) is 12.8. The van der Waals surface area contributed by atoms with E-state index in [4.69, 9.17) is 4.74 Å². The number of nitrogens with zero attached hydrogens (tertiary/aromatic N) is 2. The number of hydrogen-bond donors (Lipinski definition) is 1. The molecule has 21 heavy (non-hydrogen) atoms. The Balaban J connectivity index is 1.75. The maximum atomic E-state index is 6.05. The molecule has 0 fully saturated rings. The molecule has 1 atom stereocenters. The van der Waals surface area contributed by atoms with Gasteiger partial charge in [0, 0.05) is 25.0 Å². The lowest BCUT2D eigenvalue weighted by molar-refractivity contribution is 0.287. The molecule has 1 aliphatic rings. The van der Waals surface area contributed by atoms with Gasteiger partial charge in [0.1, 0.15) is 18.2 Å². The summed E-state index contributed by atoms with van der Waals surface area (Å²) in [5, 5.41) is 3.54. The predicted octanol–water partition coefficient (Wildman–Crippen LogP) is 3.08. The Morgan fingerprint density at radius 1 is 1.38 bits per heavy atom. The van der Waals surface area contributed by atoms with Crippen LogP contribution in [0.15, 0.2) is 30.6 Å². The van der Waals surface area contributed by atoms with Crippen molar-refractivity contribution in [1.29, 1.82) is 0 Å². The number of aryl methyl sites for hydroxylation is 1. The molecular formula is C17H23N3O. The molecule has 1 heterocycles. The zero-order valence-electron chi connectivity index (χ0n) is 12.8. The van der Waals surface area contributed by atoms with Gasteiger partial charge in [-0.05, 0) is 43.5 Å². The van der Waals surface area contributed by atoms with E-state index in [1.54, 1.807) is 0 Å². The summed E-state index contributed by atoms with van der Waals surface area (Å²) in [4.78, 5) is 4.37. The summed E-state index contributed by atoms with van der Waals surface area (Å²) >= 11 is 0. The largest absolute Gasteiger partial charge is 0.485 e. The van der Waals surface area contributed by atoms with E-state index in [1.165, 1.54) is 11.1 Å². The Kier molecular flexibility index (Phi) is 4.25. The van der Waals surface area contributed by atoms with Crippen molar-refractivity contribution in [2.45, 2.75) is 45.9 Å². The first-order chi connectivity index (χ1) is 10.3. The molecule has 1 aliphatic carbocycles. The van der Waals surface area contributed by atoms with Crippen molar-refractivity contribution in [2.24, 2.45) is 0 Å². The third-order valence-corrected chi connectivity index (χ3v) is 4.18. The molecule has 0 spiro atoms. The minimum atomic E-state index is 0.478. The first-order valence-corrected chi connectivity index (χ1v) is 7.81. The van der Waals surface area contributed by atoms with Crippen LogP contribution < -0.4 is 10.1 Å². The third kappa shape index (κ3) is 2.81. The van der Waals surface area contributed by atoms with Crippen LogP contribution in [-0.4, -0.2) is 16.1 Å². The van der Waals surface area contributed by atoms with E-state index in [9.17, 15) is 0 Å². The molecule has 0 saturated carbocycles. The third-order valence-electron chi connectivity index (χ3n) is 4.18. The number of benzene rings is 1. The molecule has 112 valence electrons. The molecule has 1 aromatic heterocycles. The fraction of sp³-hybridized carbons (Fsp3) is 0.471. The Morgan fingerprint density at radius 3 is 3.10 bits per heavy atom. The van der Waals surface area contributed by atoms with Crippen LogP contribution in [0, 0.1) is 0 Å². The molecule has 1 unspecified atom stereocenters. The van der Waals surface area contributed by atoms with E-state index in [0.29, 0.717) is 12.6 Å². The first kappa shape index (κ1) is 14.1. The highest BCUT2D eigenvalue weighted by atomic mass is 16.5. The lowest BCUT2D eigenvalue weighted by atomic mass is 10.1. The number of nitrogens with one attached hydrogen (secondary N) is 1. The van der Waals surface area contributed by atoms with Crippen molar-refractivity contribution in [2.75, 3.05) is 6.54 Å². The number of imidazole rings is 1. The van der Waals surface area contributed by atoms with Crippen molar-refractivity contribution in [3.05, 3.63) is 47.5 Å². The van der Waals surface area contributed by atoms with Crippen molar-refractivity contribution < 1.29 is 4.74 Å². The van der Waals surface area contributed by atoms with Gasteiger partial charge >= 0.3 is 0 Å². The molecule has 0 saturated heterocycles. The minimum Gasteiger partial charge on any atom is -0.485 e. The Bertz CT molecular complexity index is 606. The summed E-state index contributed by atoms with van der Waals surface area (Å²) in [6, 6.07) is 6.86. The minimum absolute atomic E-state index is 0.478. The standard InChI is InChI=1S/C17H23N3O/c1-3-18-15-9-8-14-13(15)6-5-7-16(14)21-12-17-19-10-11-20(17)4-2/h5-7,10-11,15,18H,3-4,8-9,12H2,1-2H3. The van der Waals surface area contributed by atoms with Crippen molar-refractivity contribution in [1.82, 2.24) is 14.9 Å². The van der Waals surface area contributed by atoms with Crippen molar-refractivity contribution >= 4 is 0 Å². The zero-order chi connectivity index (χ0) is 14.7. The second-order valence-electron chi connectivity index (χ2n) is 5.39. The highest BCUT2D eigenvalue weighted by Crippen LogP contribution is 2.37. The maximum Gasteiger partial charge on any atom is 0.146 e. The molecule has 2 aromatic rings. The number of ether oxygens (including phenoxy) is 1.